The van der Waals surface area contributed by atoms with E-state index < -0.39 is 0 Å². The molecule has 1 N–H and O–H groups in total. The van der Waals surface area contributed by atoms with E-state index in [-0.39, 0.29) is 0 Å². The lowest BCUT2D eigenvalue weighted by Crippen LogP contribution is -1.82. The third-order valence-electron chi connectivity index (χ3n) is 2.66. The molecule has 2 nitrogen and oxygen atoms in total. The first kappa shape index (κ1) is 10.2. The largest absolute Gasteiger partial charge is 0.320 e. The van der Waals surface area contributed by atoms with Crippen molar-refractivity contribution in [1.82, 2.24) is 9.49 Å². The van der Waals surface area contributed by atoms with Gasteiger partial charge in [0.1, 0.15) is 14.2 Å². The van der Waals surface area contributed by atoms with E-state index in [4.69, 9.17) is 0 Å². The van der Waals surface area contributed by atoms with Crippen molar-refractivity contribution in [3.05, 3.63) is 60.7 Å². The monoisotopic (exact) mass is 238 g/mol. The molecule has 0 amide bonds. The molecule has 0 atom stereocenters. The van der Waals surface area contributed by atoms with Crippen LogP contribution in [0, 0.1) is 0 Å². The van der Waals surface area contributed by atoms with Crippen LogP contribution >= 0.6 is 8.51 Å². The molecular weight excluding hydrogens is 227 g/mol. The molecule has 0 unspecified atom stereocenters. The van der Waals surface area contributed by atoms with Gasteiger partial charge in [0, 0.05) is 11.1 Å². The number of H-pyrrole nitrogens is 1. The molecule has 0 aliphatic heterocycles. The summed E-state index contributed by atoms with van der Waals surface area (Å²) in [6.07, 6.45) is 0. The van der Waals surface area contributed by atoms with Crippen LogP contribution in [0.25, 0.3) is 22.5 Å². The molecule has 1 aromatic heterocycles. The number of nitrogens with zero attached hydrogens (tertiary/aromatic N) is 1. The summed E-state index contributed by atoms with van der Waals surface area (Å²) >= 11 is 0. The molecule has 2 aromatic carbocycles. The van der Waals surface area contributed by atoms with Crippen molar-refractivity contribution in [3.63, 3.8) is 0 Å². The first-order valence-corrected chi connectivity index (χ1v) is 6.32. The van der Waals surface area contributed by atoms with E-state index in [0.29, 0.717) is 0 Å². The van der Waals surface area contributed by atoms with Gasteiger partial charge < -0.3 is 4.75 Å². The van der Waals surface area contributed by atoms with Crippen molar-refractivity contribution in [2.24, 2.45) is 0 Å². The normalized spacial score (nSPS) is 10.4. The van der Waals surface area contributed by atoms with E-state index in [0.717, 1.165) is 25.5 Å². The second-order valence-corrected chi connectivity index (χ2v) is 4.39. The maximum atomic E-state index is 4.50. The van der Waals surface area contributed by atoms with Crippen LogP contribution in [0.1, 0.15) is 0 Å². The Kier molecular flexibility index (Phi) is 2.73. The second-order valence-electron chi connectivity index (χ2n) is 3.77. The van der Waals surface area contributed by atoms with E-state index in [9.17, 15) is 0 Å². The van der Waals surface area contributed by atoms with Gasteiger partial charge in [0.25, 0.3) is 0 Å². The molecule has 3 aromatic rings. The van der Waals surface area contributed by atoms with E-state index >= 15 is 0 Å². The van der Waals surface area contributed by atoms with Gasteiger partial charge >= 0.3 is 0 Å². The first-order chi connectivity index (χ1) is 8.45. The average Bonchev–Trinajstić information content (AvgIpc) is 2.90. The molecule has 3 heteroatoms. The van der Waals surface area contributed by atoms with Crippen LogP contribution in [0.3, 0.4) is 0 Å². The minimum Gasteiger partial charge on any atom is -0.320 e. The third kappa shape index (κ3) is 2.00. The lowest BCUT2D eigenvalue weighted by molar-refractivity contribution is 1.47. The van der Waals surface area contributed by atoms with Gasteiger partial charge in [-0.2, -0.15) is 0 Å². The highest BCUT2D eigenvalue weighted by atomic mass is 31.1. The first-order valence-electron chi connectivity index (χ1n) is 5.47. The molecule has 3 rings (SSSR count). The van der Waals surface area contributed by atoms with Crippen molar-refractivity contribution in [2.75, 3.05) is 0 Å². The zero-order valence-corrected chi connectivity index (χ0v) is 10.1. The van der Waals surface area contributed by atoms with Crippen molar-refractivity contribution in [2.45, 2.75) is 0 Å². The summed E-state index contributed by atoms with van der Waals surface area (Å²) in [7, 11) is 0.901. The number of aromatic amines is 1. The fourth-order valence-corrected chi connectivity index (χ4v) is 2.53. The Labute approximate surface area is 102 Å². The van der Waals surface area contributed by atoms with Crippen molar-refractivity contribution in [1.29, 1.82) is 0 Å². The minimum absolute atomic E-state index is 0.901. The quantitative estimate of drug-likeness (QED) is 0.707. The molecule has 0 radical (unpaired) electrons. The van der Waals surface area contributed by atoms with Crippen LogP contribution in [0.5, 0.6) is 0 Å². The molecular formula is C14H11N2P. The Bertz CT molecular complexity index is 548. The Balaban J connectivity index is 2.13. The number of nitrogens with one attached hydrogen (secondary N) is 1. The smallest absolute Gasteiger partial charge is 0.130 e. The van der Waals surface area contributed by atoms with Crippen LogP contribution in [0.15, 0.2) is 60.7 Å². The van der Waals surface area contributed by atoms with Crippen molar-refractivity contribution >= 4 is 8.51 Å². The maximum absolute atomic E-state index is 4.50. The van der Waals surface area contributed by atoms with Gasteiger partial charge in [-0.1, -0.05) is 60.7 Å². The Morgan fingerprint density at radius 2 is 1.35 bits per heavy atom. The zero-order chi connectivity index (χ0) is 11.5. The van der Waals surface area contributed by atoms with Crippen molar-refractivity contribution in [3.8, 4) is 22.5 Å². The predicted molar refractivity (Wildman–Crippen MR) is 72.0 cm³/mol. The predicted octanol–water partition coefficient (Wildman–Crippen LogP) is 4.32. The summed E-state index contributed by atoms with van der Waals surface area (Å²) in [6, 6.07) is 20.6. The van der Waals surface area contributed by atoms with Crippen LogP contribution in [0.4, 0.5) is 0 Å². The maximum Gasteiger partial charge on any atom is 0.130 e. The highest BCUT2D eigenvalue weighted by molar-refractivity contribution is 7.20. The van der Waals surface area contributed by atoms with Gasteiger partial charge in [-0.25, -0.2) is 4.75 Å². The molecule has 82 valence electrons. The highest BCUT2D eigenvalue weighted by Crippen LogP contribution is 2.30. The van der Waals surface area contributed by atoms with Crippen LogP contribution < -0.4 is 0 Å². The van der Waals surface area contributed by atoms with E-state index in [1.54, 1.807) is 0 Å². The summed E-state index contributed by atoms with van der Waals surface area (Å²) in [4.78, 5) is 0. The molecule has 0 aliphatic rings. The van der Waals surface area contributed by atoms with Gasteiger partial charge in [-0.05, 0) is 0 Å². The molecule has 0 bridgehead atoms. The number of rotatable bonds is 2. The summed E-state index contributed by atoms with van der Waals surface area (Å²) < 4.78 is 7.81. The fourth-order valence-electron chi connectivity index (χ4n) is 1.83. The van der Waals surface area contributed by atoms with E-state index in [1.165, 1.54) is 5.56 Å². The minimum atomic E-state index is 0.901. The van der Waals surface area contributed by atoms with Gasteiger partial charge in [0.15, 0.2) is 0 Å². The van der Waals surface area contributed by atoms with Crippen LogP contribution in [-0.4, -0.2) is 9.49 Å². The topological polar surface area (TPSA) is 28.7 Å². The Morgan fingerprint density at radius 1 is 0.765 bits per heavy atom. The molecule has 0 fully saturated rings. The molecule has 0 aliphatic carbocycles. The third-order valence-corrected chi connectivity index (χ3v) is 3.28. The number of benzene rings is 2. The summed E-state index contributed by atoms with van der Waals surface area (Å²) in [5.74, 6) is 0. The summed E-state index contributed by atoms with van der Waals surface area (Å²) in [6.45, 7) is 0. The number of hydrogen-bond donors (Lipinski definition) is 1. The van der Waals surface area contributed by atoms with Gasteiger partial charge in [-0.15, -0.1) is 0 Å². The van der Waals surface area contributed by atoms with Crippen LogP contribution in [-0.2, 0) is 0 Å². The zero-order valence-electron chi connectivity index (χ0n) is 9.17. The highest BCUT2D eigenvalue weighted by Gasteiger charge is 2.09. The molecule has 0 spiro atoms. The summed E-state index contributed by atoms with van der Waals surface area (Å²) in [5, 5.41) is 0. The SMILES string of the molecule is c1ccc(-c2np[nH]c2-c2ccccc2)cc1. The number of aromatic nitrogens is 2. The lowest BCUT2D eigenvalue weighted by Gasteiger charge is -2.02. The van der Waals surface area contributed by atoms with Crippen LogP contribution in [0.2, 0.25) is 0 Å². The Hall–Kier alpha value is -1.92. The van der Waals surface area contributed by atoms with Gasteiger partial charge in [-0.3, -0.25) is 0 Å². The second kappa shape index (κ2) is 4.52. The van der Waals surface area contributed by atoms with Gasteiger partial charge in [0.05, 0.1) is 5.69 Å². The van der Waals surface area contributed by atoms with Gasteiger partial charge in [0.2, 0.25) is 0 Å². The van der Waals surface area contributed by atoms with E-state index in [2.05, 4.69) is 33.8 Å². The van der Waals surface area contributed by atoms with Crippen molar-refractivity contribution < 1.29 is 0 Å². The molecule has 1 heterocycles. The van der Waals surface area contributed by atoms with E-state index in [1.807, 2.05) is 36.4 Å². The molecule has 17 heavy (non-hydrogen) atoms. The molecule has 0 saturated carbocycles. The molecule has 0 saturated heterocycles. The number of hydrogen-bond acceptors (Lipinski definition) is 1. The lowest BCUT2D eigenvalue weighted by atomic mass is 10.1. The fraction of sp³-hybridized carbons (Fsp3) is 0. The standard InChI is InChI=1S/C14H11N2P/c1-3-7-11(8-4-1)13-14(16-17-15-13)12-9-5-2-6-10-12/h1-10H,(H,15,16). The average molecular weight is 238 g/mol. The summed E-state index contributed by atoms with van der Waals surface area (Å²) in [5.41, 5.74) is 4.49. The Morgan fingerprint density at radius 3 is 2.00 bits per heavy atom.